The van der Waals surface area contributed by atoms with Gasteiger partial charge < -0.3 is 4.74 Å². The summed E-state index contributed by atoms with van der Waals surface area (Å²) in [5.41, 5.74) is 1.92. The van der Waals surface area contributed by atoms with Crippen LogP contribution in [0, 0.1) is 0 Å². The first kappa shape index (κ1) is 11.2. The first-order valence-corrected chi connectivity index (χ1v) is 8.34. The third kappa shape index (κ3) is 2.24. The van der Waals surface area contributed by atoms with Gasteiger partial charge in [0, 0.05) is 0 Å². The van der Waals surface area contributed by atoms with E-state index in [1.807, 2.05) is 6.07 Å². The first-order valence-electron chi connectivity index (χ1n) is 6.30. The van der Waals surface area contributed by atoms with E-state index in [2.05, 4.69) is 30.9 Å². The van der Waals surface area contributed by atoms with Gasteiger partial charge in [-0.05, 0) is 31.2 Å². The normalized spacial score (nSPS) is 32.3. The summed E-state index contributed by atoms with van der Waals surface area (Å²) in [5, 5.41) is 0. The summed E-state index contributed by atoms with van der Waals surface area (Å²) in [7, 11) is 0.117. The Labute approximate surface area is 104 Å². The number of aliphatic imine (C=N–C) groups is 1. The van der Waals surface area contributed by atoms with Crippen molar-refractivity contribution in [2.24, 2.45) is 4.99 Å². The predicted octanol–water partition coefficient (Wildman–Crippen LogP) is 3.43. The van der Waals surface area contributed by atoms with Crippen molar-refractivity contribution < 1.29 is 4.74 Å². The monoisotopic (exact) mass is 247 g/mol. The molecular formula is C14H18NOP. The molecule has 0 unspecified atom stereocenters. The molecule has 0 spiro atoms. The van der Waals surface area contributed by atoms with Crippen LogP contribution in [0.15, 0.2) is 35.3 Å². The zero-order chi connectivity index (χ0) is 11.7. The molecule has 0 aromatic heterocycles. The molecule has 1 fully saturated rings. The zero-order valence-electron chi connectivity index (χ0n) is 10.2. The van der Waals surface area contributed by atoms with Gasteiger partial charge in [0.25, 0.3) is 0 Å². The molecule has 3 rings (SSSR count). The van der Waals surface area contributed by atoms with Crippen LogP contribution in [0.5, 0.6) is 0 Å². The lowest BCUT2D eigenvalue weighted by atomic mass is 10.1. The lowest BCUT2D eigenvalue weighted by molar-refractivity contribution is 0.312. The van der Waals surface area contributed by atoms with E-state index in [0.717, 1.165) is 12.5 Å². The van der Waals surface area contributed by atoms with E-state index in [1.165, 1.54) is 24.6 Å². The highest BCUT2D eigenvalue weighted by molar-refractivity contribution is 7.59. The Bertz CT molecular complexity index is 417. The van der Waals surface area contributed by atoms with E-state index in [0.29, 0.717) is 5.66 Å². The van der Waals surface area contributed by atoms with Crippen LogP contribution in [0.1, 0.15) is 24.4 Å². The quantitative estimate of drug-likeness (QED) is 0.734. The summed E-state index contributed by atoms with van der Waals surface area (Å²) >= 11 is 0. The maximum Gasteiger partial charge on any atom is 0.191 e. The number of benzene rings is 1. The molecule has 2 nitrogen and oxygen atoms in total. The van der Waals surface area contributed by atoms with Gasteiger partial charge in [-0.3, -0.25) is 0 Å². The van der Waals surface area contributed by atoms with Gasteiger partial charge in [-0.1, -0.05) is 38.3 Å². The van der Waals surface area contributed by atoms with Crippen molar-refractivity contribution in [1.82, 2.24) is 0 Å². The number of nitrogens with zero attached hydrogens (tertiary/aromatic N) is 1. The fourth-order valence-corrected chi connectivity index (χ4v) is 4.78. The summed E-state index contributed by atoms with van der Waals surface area (Å²) in [5.74, 6) is 1.05. The van der Waals surface area contributed by atoms with Crippen molar-refractivity contribution in [3.05, 3.63) is 35.9 Å². The Kier molecular flexibility index (Phi) is 3.15. The molecule has 3 heteroatoms. The van der Waals surface area contributed by atoms with Gasteiger partial charge in [0.2, 0.25) is 0 Å². The molecule has 2 heterocycles. The largest absolute Gasteiger partial charge is 0.478 e. The molecule has 0 saturated carbocycles. The average molecular weight is 247 g/mol. The summed E-state index contributed by atoms with van der Waals surface area (Å²) in [6.45, 7) is 3.12. The minimum absolute atomic E-state index is 0.117. The Morgan fingerprint density at radius 2 is 2.12 bits per heavy atom. The number of rotatable bonds is 2. The van der Waals surface area contributed by atoms with Crippen LogP contribution < -0.4 is 0 Å². The van der Waals surface area contributed by atoms with E-state index >= 15 is 0 Å². The zero-order valence-corrected chi connectivity index (χ0v) is 11.1. The van der Waals surface area contributed by atoms with Crippen LogP contribution in [-0.4, -0.2) is 31.0 Å². The lowest BCUT2D eigenvalue weighted by Crippen LogP contribution is -2.15. The Morgan fingerprint density at radius 3 is 2.82 bits per heavy atom. The number of ether oxygens (including phenoxy) is 1. The van der Waals surface area contributed by atoms with Gasteiger partial charge in [0.1, 0.15) is 12.6 Å². The fraction of sp³-hybridized carbons (Fsp3) is 0.500. The minimum atomic E-state index is 0.117. The predicted molar refractivity (Wildman–Crippen MR) is 73.3 cm³/mol. The van der Waals surface area contributed by atoms with Gasteiger partial charge in [-0.25, -0.2) is 4.99 Å². The van der Waals surface area contributed by atoms with Gasteiger partial charge >= 0.3 is 0 Å². The van der Waals surface area contributed by atoms with Gasteiger partial charge in [0.15, 0.2) is 5.90 Å². The van der Waals surface area contributed by atoms with Crippen LogP contribution in [0.4, 0.5) is 0 Å². The van der Waals surface area contributed by atoms with Crippen LogP contribution in [0.3, 0.4) is 0 Å². The minimum Gasteiger partial charge on any atom is -0.478 e. The molecule has 17 heavy (non-hydrogen) atoms. The smallest absolute Gasteiger partial charge is 0.191 e. The summed E-state index contributed by atoms with van der Waals surface area (Å²) in [4.78, 5) is 4.80. The number of hydrogen-bond donors (Lipinski definition) is 0. The standard InChI is InChI=1S/C14H18NOP/c1-17-9-5-8-13(17)14-15-12(10-16-14)11-6-3-2-4-7-11/h2-4,6-7,12-13H,5,8-10H2,1H3/t12-,13-,17-/m1/s1. The van der Waals surface area contributed by atoms with Crippen molar-refractivity contribution in [3.8, 4) is 0 Å². The van der Waals surface area contributed by atoms with Crippen molar-refractivity contribution in [2.45, 2.75) is 24.5 Å². The molecule has 2 aliphatic heterocycles. The second-order valence-electron chi connectivity index (χ2n) is 4.84. The molecular weight excluding hydrogens is 229 g/mol. The number of hydrogen-bond acceptors (Lipinski definition) is 2. The van der Waals surface area contributed by atoms with Gasteiger partial charge in [-0.15, -0.1) is 0 Å². The molecule has 0 radical (unpaired) electrons. The van der Waals surface area contributed by atoms with Crippen LogP contribution in [0.25, 0.3) is 0 Å². The van der Waals surface area contributed by atoms with Crippen LogP contribution >= 0.6 is 7.92 Å². The first-order chi connectivity index (χ1) is 8.34. The maximum absolute atomic E-state index is 5.84. The fourth-order valence-electron chi connectivity index (χ4n) is 2.64. The average Bonchev–Trinajstić information content (AvgIpc) is 2.98. The molecule has 1 aromatic carbocycles. The third-order valence-corrected chi connectivity index (χ3v) is 6.23. The Morgan fingerprint density at radius 1 is 1.29 bits per heavy atom. The SMILES string of the molecule is C[P@]1CCC[C@@H]1C1=N[C@@H](c2ccccc2)CO1. The second-order valence-corrected chi connectivity index (χ2v) is 7.43. The van der Waals surface area contributed by atoms with E-state index in [-0.39, 0.29) is 14.0 Å². The molecule has 3 atom stereocenters. The maximum atomic E-state index is 5.84. The van der Waals surface area contributed by atoms with Crippen molar-refractivity contribution in [1.29, 1.82) is 0 Å². The summed E-state index contributed by atoms with van der Waals surface area (Å²) in [6.07, 6.45) is 4.02. The topological polar surface area (TPSA) is 21.6 Å². The van der Waals surface area contributed by atoms with Gasteiger partial charge in [-0.2, -0.15) is 0 Å². The van der Waals surface area contributed by atoms with E-state index in [9.17, 15) is 0 Å². The van der Waals surface area contributed by atoms with Crippen LogP contribution in [0.2, 0.25) is 0 Å². The highest BCUT2D eigenvalue weighted by atomic mass is 31.1. The molecule has 1 saturated heterocycles. The van der Waals surface area contributed by atoms with Crippen molar-refractivity contribution in [3.63, 3.8) is 0 Å². The molecule has 2 aliphatic rings. The molecule has 90 valence electrons. The van der Waals surface area contributed by atoms with E-state index < -0.39 is 0 Å². The van der Waals surface area contributed by atoms with Crippen molar-refractivity contribution >= 4 is 13.8 Å². The molecule has 0 N–H and O–H groups in total. The third-order valence-electron chi connectivity index (χ3n) is 3.66. The molecule has 1 aromatic rings. The lowest BCUT2D eigenvalue weighted by Gasteiger charge is -2.14. The highest BCUT2D eigenvalue weighted by Gasteiger charge is 2.33. The van der Waals surface area contributed by atoms with E-state index in [4.69, 9.17) is 9.73 Å². The summed E-state index contributed by atoms with van der Waals surface area (Å²) < 4.78 is 5.84. The van der Waals surface area contributed by atoms with Crippen molar-refractivity contribution in [2.75, 3.05) is 19.4 Å². The van der Waals surface area contributed by atoms with E-state index in [1.54, 1.807) is 0 Å². The summed E-state index contributed by atoms with van der Waals surface area (Å²) in [6, 6.07) is 10.7. The molecule has 0 bridgehead atoms. The Hall–Kier alpha value is -0.880. The molecule has 0 aliphatic carbocycles. The second kappa shape index (κ2) is 4.78. The van der Waals surface area contributed by atoms with Crippen LogP contribution in [-0.2, 0) is 4.74 Å². The Balaban J connectivity index is 1.77. The molecule has 0 amide bonds. The highest BCUT2D eigenvalue weighted by Crippen LogP contribution is 2.48. The van der Waals surface area contributed by atoms with Gasteiger partial charge in [0.05, 0.1) is 5.66 Å².